The number of fused-ring (bicyclic) bond motifs is 2. The van der Waals surface area contributed by atoms with E-state index in [4.69, 9.17) is 0 Å². The van der Waals surface area contributed by atoms with Crippen LogP contribution in [0.4, 0.5) is 5.69 Å². The standard InChI is InChI=1S/C24H23N/c1-16-13-20(25(3)4)14-17(2)23(16)24-21-11-7-5-9-18(21)15-19-10-6-8-12-22(19)24/h5-15H,1-4H3. The first kappa shape index (κ1) is 15.7. The monoisotopic (exact) mass is 325 g/mol. The van der Waals surface area contributed by atoms with Crippen molar-refractivity contribution >= 4 is 27.2 Å². The summed E-state index contributed by atoms with van der Waals surface area (Å²) >= 11 is 0. The Morgan fingerprint density at radius 3 is 1.56 bits per heavy atom. The molecule has 0 aliphatic carbocycles. The minimum absolute atomic E-state index is 1.25. The zero-order chi connectivity index (χ0) is 17.6. The first-order chi connectivity index (χ1) is 12.1. The molecule has 0 aromatic heterocycles. The van der Waals surface area contributed by atoms with Crippen molar-refractivity contribution < 1.29 is 0 Å². The van der Waals surface area contributed by atoms with Crippen LogP contribution in [0.1, 0.15) is 11.1 Å². The predicted molar refractivity (Wildman–Crippen MR) is 111 cm³/mol. The second-order valence-electron chi connectivity index (χ2n) is 7.04. The van der Waals surface area contributed by atoms with Crippen LogP contribution in [0, 0.1) is 13.8 Å². The van der Waals surface area contributed by atoms with Gasteiger partial charge in [0.25, 0.3) is 0 Å². The van der Waals surface area contributed by atoms with E-state index in [0.717, 1.165) is 0 Å². The highest BCUT2D eigenvalue weighted by Crippen LogP contribution is 2.40. The number of rotatable bonds is 2. The molecule has 0 heterocycles. The summed E-state index contributed by atoms with van der Waals surface area (Å²) in [5.74, 6) is 0. The Bertz CT molecular complexity index is 1010. The third-order valence-electron chi connectivity index (χ3n) is 5.06. The van der Waals surface area contributed by atoms with Crippen LogP contribution < -0.4 is 4.90 Å². The van der Waals surface area contributed by atoms with Gasteiger partial charge in [-0.05, 0) is 75.8 Å². The number of hydrogen-bond donors (Lipinski definition) is 0. The average molecular weight is 325 g/mol. The molecule has 124 valence electrons. The van der Waals surface area contributed by atoms with Crippen LogP contribution in [0.25, 0.3) is 32.7 Å². The molecule has 0 N–H and O–H groups in total. The molecule has 4 aromatic rings. The molecule has 0 amide bonds. The number of anilines is 1. The van der Waals surface area contributed by atoms with Gasteiger partial charge in [-0.25, -0.2) is 0 Å². The van der Waals surface area contributed by atoms with Crippen molar-refractivity contribution in [2.75, 3.05) is 19.0 Å². The van der Waals surface area contributed by atoms with Crippen molar-refractivity contribution in [2.24, 2.45) is 0 Å². The molecule has 0 atom stereocenters. The van der Waals surface area contributed by atoms with Crippen LogP contribution >= 0.6 is 0 Å². The number of benzene rings is 4. The normalized spacial score (nSPS) is 11.2. The van der Waals surface area contributed by atoms with Gasteiger partial charge in [-0.2, -0.15) is 0 Å². The Labute approximate surface area is 149 Å². The average Bonchev–Trinajstić information content (AvgIpc) is 2.60. The second-order valence-corrected chi connectivity index (χ2v) is 7.04. The molecule has 4 aromatic carbocycles. The molecule has 0 saturated carbocycles. The summed E-state index contributed by atoms with van der Waals surface area (Å²) in [6.45, 7) is 4.46. The maximum absolute atomic E-state index is 2.30. The van der Waals surface area contributed by atoms with Crippen LogP contribution in [-0.2, 0) is 0 Å². The molecule has 0 bridgehead atoms. The van der Waals surface area contributed by atoms with E-state index >= 15 is 0 Å². The fraction of sp³-hybridized carbons (Fsp3) is 0.167. The van der Waals surface area contributed by atoms with Gasteiger partial charge < -0.3 is 4.90 Å². The molecule has 1 nitrogen and oxygen atoms in total. The van der Waals surface area contributed by atoms with Gasteiger partial charge in [0.2, 0.25) is 0 Å². The van der Waals surface area contributed by atoms with Crippen LogP contribution in [0.5, 0.6) is 0 Å². The Balaban J connectivity index is 2.16. The molecule has 0 radical (unpaired) electrons. The first-order valence-corrected chi connectivity index (χ1v) is 8.75. The van der Waals surface area contributed by atoms with E-state index in [1.165, 1.54) is 49.5 Å². The van der Waals surface area contributed by atoms with Gasteiger partial charge in [0, 0.05) is 19.8 Å². The molecule has 4 rings (SSSR count). The topological polar surface area (TPSA) is 3.24 Å². The van der Waals surface area contributed by atoms with Crippen LogP contribution in [0.2, 0.25) is 0 Å². The molecule has 0 spiro atoms. The Hall–Kier alpha value is -2.80. The lowest BCUT2D eigenvalue weighted by Gasteiger charge is -2.20. The smallest absolute Gasteiger partial charge is 0.0366 e. The lowest BCUT2D eigenvalue weighted by Crippen LogP contribution is -2.09. The molecule has 0 saturated heterocycles. The quantitative estimate of drug-likeness (QED) is 0.388. The Morgan fingerprint density at radius 2 is 1.08 bits per heavy atom. The highest BCUT2D eigenvalue weighted by atomic mass is 15.1. The van der Waals surface area contributed by atoms with Crippen molar-refractivity contribution in [1.82, 2.24) is 0 Å². The largest absolute Gasteiger partial charge is 0.378 e. The molecular formula is C24H23N. The lowest BCUT2D eigenvalue weighted by molar-refractivity contribution is 1.12. The van der Waals surface area contributed by atoms with E-state index in [0.29, 0.717) is 0 Å². The summed E-state index contributed by atoms with van der Waals surface area (Å²) < 4.78 is 0. The second kappa shape index (κ2) is 5.93. The van der Waals surface area contributed by atoms with Gasteiger partial charge in [0.15, 0.2) is 0 Å². The molecule has 1 heteroatoms. The fourth-order valence-electron chi connectivity index (χ4n) is 3.88. The van der Waals surface area contributed by atoms with Crippen LogP contribution in [0.15, 0.2) is 66.7 Å². The molecule has 0 aliphatic rings. The highest BCUT2D eigenvalue weighted by molar-refractivity contribution is 6.13. The number of nitrogens with zero attached hydrogens (tertiary/aromatic N) is 1. The lowest BCUT2D eigenvalue weighted by atomic mass is 9.87. The summed E-state index contributed by atoms with van der Waals surface area (Å²) in [5, 5.41) is 5.24. The third-order valence-corrected chi connectivity index (χ3v) is 5.06. The van der Waals surface area contributed by atoms with Crippen LogP contribution in [-0.4, -0.2) is 14.1 Å². The van der Waals surface area contributed by atoms with Crippen molar-refractivity contribution in [3.8, 4) is 11.1 Å². The van der Waals surface area contributed by atoms with E-state index in [2.05, 4.69) is 99.6 Å². The summed E-state index contributed by atoms with van der Waals surface area (Å²) in [6.07, 6.45) is 0. The van der Waals surface area contributed by atoms with E-state index in [-0.39, 0.29) is 0 Å². The third kappa shape index (κ3) is 2.56. The van der Waals surface area contributed by atoms with Gasteiger partial charge in [-0.3, -0.25) is 0 Å². The zero-order valence-corrected chi connectivity index (χ0v) is 15.3. The maximum Gasteiger partial charge on any atom is 0.0366 e. The zero-order valence-electron chi connectivity index (χ0n) is 15.3. The van der Waals surface area contributed by atoms with Crippen molar-refractivity contribution in [2.45, 2.75) is 13.8 Å². The Morgan fingerprint density at radius 1 is 0.600 bits per heavy atom. The predicted octanol–water partition coefficient (Wildman–Crippen LogP) is 6.34. The van der Waals surface area contributed by atoms with Crippen molar-refractivity contribution in [3.05, 3.63) is 77.9 Å². The van der Waals surface area contributed by atoms with Gasteiger partial charge in [0.05, 0.1) is 0 Å². The molecular weight excluding hydrogens is 302 g/mol. The minimum atomic E-state index is 1.25. The summed E-state index contributed by atoms with van der Waals surface area (Å²) in [7, 11) is 4.20. The maximum atomic E-state index is 2.30. The Kier molecular flexibility index (Phi) is 3.73. The molecule has 0 fully saturated rings. The molecule has 25 heavy (non-hydrogen) atoms. The summed E-state index contributed by atoms with van der Waals surface area (Å²) in [5.41, 5.74) is 6.62. The summed E-state index contributed by atoms with van der Waals surface area (Å²) in [4.78, 5) is 2.17. The van der Waals surface area contributed by atoms with E-state index in [1.807, 2.05) is 0 Å². The number of aryl methyl sites for hydroxylation is 2. The SMILES string of the molecule is Cc1cc(N(C)C)cc(C)c1-c1c2ccccc2cc2ccccc12. The van der Waals surface area contributed by atoms with E-state index < -0.39 is 0 Å². The van der Waals surface area contributed by atoms with Gasteiger partial charge in [-0.1, -0.05) is 48.5 Å². The molecule has 0 unspecified atom stereocenters. The van der Waals surface area contributed by atoms with Crippen LogP contribution in [0.3, 0.4) is 0 Å². The van der Waals surface area contributed by atoms with Gasteiger partial charge in [0.1, 0.15) is 0 Å². The minimum Gasteiger partial charge on any atom is -0.378 e. The fourth-order valence-corrected chi connectivity index (χ4v) is 3.88. The van der Waals surface area contributed by atoms with Crippen molar-refractivity contribution in [1.29, 1.82) is 0 Å². The van der Waals surface area contributed by atoms with E-state index in [1.54, 1.807) is 0 Å². The van der Waals surface area contributed by atoms with Gasteiger partial charge in [-0.15, -0.1) is 0 Å². The number of hydrogen-bond acceptors (Lipinski definition) is 1. The van der Waals surface area contributed by atoms with E-state index in [9.17, 15) is 0 Å². The highest BCUT2D eigenvalue weighted by Gasteiger charge is 2.15. The molecule has 0 aliphatic heterocycles. The summed E-state index contributed by atoms with van der Waals surface area (Å²) in [6, 6.07) is 24.3. The van der Waals surface area contributed by atoms with Gasteiger partial charge >= 0.3 is 0 Å². The van der Waals surface area contributed by atoms with Crippen molar-refractivity contribution in [3.63, 3.8) is 0 Å². The first-order valence-electron chi connectivity index (χ1n) is 8.75.